The lowest BCUT2D eigenvalue weighted by atomic mass is 10.3. The smallest absolute Gasteiger partial charge is 0.248 e. The van der Waals surface area contributed by atoms with Crippen LogP contribution in [-0.2, 0) is 4.79 Å². The Balaban J connectivity index is 2.09. The second-order valence-electron chi connectivity index (χ2n) is 3.82. The van der Waals surface area contributed by atoms with Gasteiger partial charge in [-0.3, -0.25) is 14.5 Å². The zero-order valence-electron chi connectivity index (χ0n) is 9.79. The fourth-order valence-electron chi connectivity index (χ4n) is 1.58. The van der Waals surface area contributed by atoms with Crippen molar-refractivity contribution in [3.05, 3.63) is 42.5 Å². The minimum Gasteiger partial charge on any atom is -0.324 e. The molecule has 0 aliphatic carbocycles. The van der Waals surface area contributed by atoms with E-state index in [1.807, 2.05) is 19.9 Å². The van der Waals surface area contributed by atoms with Crippen LogP contribution in [0.25, 0.3) is 0 Å². The normalized spacial score (nSPS) is 12.1. The Morgan fingerprint density at radius 2 is 2.00 bits per heavy atom. The first-order valence-corrected chi connectivity index (χ1v) is 5.39. The van der Waals surface area contributed by atoms with Crippen LogP contribution >= 0.6 is 0 Å². The number of pyridine rings is 1. The number of nitrogens with one attached hydrogen (secondary N) is 1. The lowest BCUT2D eigenvalue weighted by Crippen LogP contribution is -2.25. The Morgan fingerprint density at radius 3 is 2.59 bits per heavy atom. The number of amides is 1. The Morgan fingerprint density at radius 1 is 1.29 bits per heavy atom. The first-order chi connectivity index (χ1) is 8.18. The number of aryl methyl sites for hydroxylation is 1. The van der Waals surface area contributed by atoms with E-state index in [1.165, 1.54) is 0 Å². The number of carbonyl (C=O) groups excluding carboxylic acids is 1. The van der Waals surface area contributed by atoms with Crippen molar-refractivity contribution in [1.29, 1.82) is 0 Å². The van der Waals surface area contributed by atoms with Gasteiger partial charge in [-0.1, -0.05) is 0 Å². The van der Waals surface area contributed by atoms with Gasteiger partial charge in [-0.25, -0.2) is 0 Å². The van der Waals surface area contributed by atoms with E-state index in [0.717, 1.165) is 11.4 Å². The van der Waals surface area contributed by atoms with Crippen LogP contribution in [0.5, 0.6) is 0 Å². The van der Waals surface area contributed by atoms with E-state index in [-0.39, 0.29) is 11.9 Å². The molecule has 2 rings (SSSR count). The third kappa shape index (κ3) is 2.50. The number of nitrogens with zero attached hydrogens (tertiary/aromatic N) is 3. The molecule has 0 aliphatic heterocycles. The van der Waals surface area contributed by atoms with Gasteiger partial charge in [0.2, 0.25) is 5.91 Å². The van der Waals surface area contributed by atoms with Crippen LogP contribution in [0.4, 0.5) is 5.69 Å². The summed E-state index contributed by atoms with van der Waals surface area (Å²) >= 11 is 0. The second-order valence-corrected chi connectivity index (χ2v) is 3.82. The van der Waals surface area contributed by atoms with Crippen molar-refractivity contribution in [3.8, 4) is 0 Å². The topological polar surface area (TPSA) is 59.8 Å². The highest BCUT2D eigenvalue weighted by Crippen LogP contribution is 2.12. The first kappa shape index (κ1) is 11.3. The molecule has 0 spiro atoms. The zero-order chi connectivity index (χ0) is 12.3. The van der Waals surface area contributed by atoms with Crippen molar-refractivity contribution in [1.82, 2.24) is 14.8 Å². The maximum atomic E-state index is 12.0. The number of aromatic nitrogens is 3. The summed E-state index contributed by atoms with van der Waals surface area (Å²) in [7, 11) is 0. The quantitative estimate of drug-likeness (QED) is 0.874. The SMILES string of the molecule is Cc1ccnn1C(C)C(=O)Nc1ccncc1. The lowest BCUT2D eigenvalue weighted by molar-refractivity contribution is -0.119. The maximum Gasteiger partial charge on any atom is 0.248 e. The molecule has 5 nitrogen and oxygen atoms in total. The molecule has 1 amide bonds. The standard InChI is InChI=1S/C12H14N4O/c1-9-3-8-14-16(9)10(2)12(17)15-11-4-6-13-7-5-11/h3-8,10H,1-2H3,(H,13,15,17). The molecule has 0 aliphatic rings. The fourth-order valence-corrected chi connectivity index (χ4v) is 1.58. The van der Waals surface area contributed by atoms with Gasteiger partial charge in [0.15, 0.2) is 0 Å². The molecule has 0 aromatic carbocycles. The maximum absolute atomic E-state index is 12.0. The van der Waals surface area contributed by atoms with Crippen LogP contribution in [-0.4, -0.2) is 20.7 Å². The molecule has 0 bridgehead atoms. The van der Waals surface area contributed by atoms with Gasteiger partial charge < -0.3 is 5.32 Å². The Hall–Kier alpha value is -2.17. The van der Waals surface area contributed by atoms with Gasteiger partial charge in [-0.05, 0) is 32.0 Å². The van der Waals surface area contributed by atoms with Crippen LogP contribution in [0.2, 0.25) is 0 Å². The summed E-state index contributed by atoms with van der Waals surface area (Å²) in [5.41, 5.74) is 1.70. The molecular weight excluding hydrogens is 216 g/mol. The summed E-state index contributed by atoms with van der Waals surface area (Å²) in [4.78, 5) is 15.9. The van der Waals surface area contributed by atoms with Crippen LogP contribution in [0.3, 0.4) is 0 Å². The van der Waals surface area contributed by atoms with Crippen molar-refractivity contribution >= 4 is 11.6 Å². The summed E-state index contributed by atoms with van der Waals surface area (Å²) in [6.45, 7) is 3.74. The molecule has 2 aromatic heterocycles. The molecule has 88 valence electrons. The second kappa shape index (κ2) is 4.78. The minimum absolute atomic E-state index is 0.0944. The van der Waals surface area contributed by atoms with E-state index < -0.39 is 0 Å². The van der Waals surface area contributed by atoms with Crippen molar-refractivity contribution in [2.24, 2.45) is 0 Å². The van der Waals surface area contributed by atoms with Crippen LogP contribution in [0.1, 0.15) is 18.7 Å². The van der Waals surface area contributed by atoms with E-state index >= 15 is 0 Å². The van der Waals surface area contributed by atoms with E-state index in [1.54, 1.807) is 35.4 Å². The zero-order valence-corrected chi connectivity index (χ0v) is 9.79. The number of rotatable bonds is 3. The van der Waals surface area contributed by atoms with Crippen LogP contribution in [0, 0.1) is 6.92 Å². The molecule has 1 N–H and O–H groups in total. The molecule has 2 aromatic rings. The van der Waals surface area contributed by atoms with Gasteiger partial charge in [0, 0.05) is 30.0 Å². The third-order valence-corrected chi connectivity index (χ3v) is 2.56. The van der Waals surface area contributed by atoms with Crippen LogP contribution < -0.4 is 5.32 Å². The third-order valence-electron chi connectivity index (χ3n) is 2.56. The van der Waals surface area contributed by atoms with Gasteiger partial charge in [0.1, 0.15) is 6.04 Å². The van der Waals surface area contributed by atoms with Gasteiger partial charge in [0.05, 0.1) is 0 Å². The van der Waals surface area contributed by atoms with E-state index in [0.29, 0.717) is 0 Å². The van der Waals surface area contributed by atoms with Crippen LogP contribution in [0.15, 0.2) is 36.8 Å². The van der Waals surface area contributed by atoms with E-state index in [9.17, 15) is 4.79 Å². The molecular formula is C12H14N4O. The van der Waals surface area contributed by atoms with E-state index in [4.69, 9.17) is 0 Å². The van der Waals surface area contributed by atoms with Gasteiger partial charge in [-0.2, -0.15) is 5.10 Å². The number of hydrogen-bond donors (Lipinski definition) is 1. The number of hydrogen-bond acceptors (Lipinski definition) is 3. The fraction of sp³-hybridized carbons (Fsp3) is 0.250. The van der Waals surface area contributed by atoms with E-state index in [2.05, 4.69) is 15.4 Å². The molecule has 1 atom stereocenters. The van der Waals surface area contributed by atoms with Gasteiger partial charge in [0.25, 0.3) is 0 Å². The Labute approximate surface area is 99.5 Å². The predicted molar refractivity (Wildman–Crippen MR) is 64.5 cm³/mol. The molecule has 0 radical (unpaired) electrons. The summed E-state index contributed by atoms with van der Waals surface area (Å²) in [5, 5.41) is 6.94. The van der Waals surface area contributed by atoms with Crippen molar-refractivity contribution in [3.63, 3.8) is 0 Å². The largest absolute Gasteiger partial charge is 0.324 e. The molecule has 1 unspecified atom stereocenters. The molecule has 5 heteroatoms. The molecule has 0 saturated carbocycles. The average molecular weight is 230 g/mol. The Bertz CT molecular complexity index is 506. The highest BCUT2D eigenvalue weighted by Gasteiger charge is 2.16. The molecule has 17 heavy (non-hydrogen) atoms. The Kier molecular flexibility index (Phi) is 3.18. The molecule has 2 heterocycles. The number of anilines is 1. The summed E-state index contributed by atoms with van der Waals surface area (Å²) in [6, 6.07) is 5.04. The van der Waals surface area contributed by atoms with Crippen molar-refractivity contribution in [2.45, 2.75) is 19.9 Å². The summed E-state index contributed by atoms with van der Waals surface area (Å²) in [6.07, 6.45) is 4.96. The summed E-state index contributed by atoms with van der Waals surface area (Å²) in [5.74, 6) is -0.0944. The monoisotopic (exact) mass is 230 g/mol. The molecule has 0 saturated heterocycles. The van der Waals surface area contributed by atoms with Crippen molar-refractivity contribution < 1.29 is 4.79 Å². The summed E-state index contributed by atoms with van der Waals surface area (Å²) < 4.78 is 1.69. The predicted octanol–water partition coefficient (Wildman–Crippen LogP) is 1.79. The average Bonchev–Trinajstić information content (AvgIpc) is 2.76. The van der Waals surface area contributed by atoms with Gasteiger partial charge in [-0.15, -0.1) is 0 Å². The van der Waals surface area contributed by atoms with Gasteiger partial charge >= 0.3 is 0 Å². The first-order valence-electron chi connectivity index (χ1n) is 5.39. The molecule has 0 fully saturated rings. The number of carbonyl (C=O) groups is 1. The highest BCUT2D eigenvalue weighted by atomic mass is 16.2. The highest BCUT2D eigenvalue weighted by molar-refractivity contribution is 5.93. The lowest BCUT2D eigenvalue weighted by Gasteiger charge is -2.14. The minimum atomic E-state index is -0.335. The van der Waals surface area contributed by atoms with Crippen molar-refractivity contribution in [2.75, 3.05) is 5.32 Å².